The Kier molecular flexibility index (Phi) is 5.22. The van der Waals surface area contributed by atoms with E-state index in [1.54, 1.807) is 6.20 Å². The minimum Gasteiger partial charge on any atom is -0.486 e. The van der Waals surface area contributed by atoms with Crippen LogP contribution in [0.4, 0.5) is 0 Å². The molecular weight excluding hydrogens is 370 g/mol. The minimum atomic E-state index is -0.706. The number of methoxy groups -OCH3 is 1. The molecule has 1 aromatic carbocycles. The van der Waals surface area contributed by atoms with Crippen LogP contribution in [0, 0.1) is 6.92 Å². The molecule has 0 aliphatic carbocycles. The van der Waals surface area contributed by atoms with E-state index in [-0.39, 0.29) is 0 Å². The summed E-state index contributed by atoms with van der Waals surface area (Å²) in [6.07, 6.45) is 1.63. The average Bonchev–Trinajstić information content (AvgIpc) is 2.63. The molecule has 1 aliphatic heterocycles. The van der Waals surface area contributed by atoms with E-state index in [2.05, 4.69) is 4.98 Å². The molecule has 0 N–H and O–H groups in total. The fraction of sp³-hybridized carbons (Fsp3) is 0.316. The summed E-state index contributed by atoms with van der Waals surface area (Å²) >= 11 is 10.6. The third kappa shape index (κ3) is 3.85. The first-order valence-corrected chi connectivity index (χ1v) is 8.84. The van der Waals surface area contributed by atoms with Crippen molar-refractivity contribution in [2.45, 2.75) is 33.2 Å². The molecule has 1 aromatic heterocycles. The third-order valence-electron chi connectivity index (χ3n) is 3.91. The third-order valence-corrected chi connectivity index (χ3v) is 4.63. The maximum atomic E-state index is 5.92. The summed E-state index contributed by atoms with van der Waals surface area (Å²) in [5.41, 5.74) is 3.07. The van der Waals surface area contributed by atoms with Crippen molar-refractivity contribution in [2.75, 3.05) is 7.11 Å². The Labute approximate surface area is 163 Å². The number of hydrogen-bond donors (Lipinski definition) is 0. The van der Waals surface area contributed by atoms with Gasteiger partial charge < -0.3 is 18.9 Å². The molecule has 0 saturated heterocycles. The quantitative estimate of drug-likeness (QED) is 0.732. The van der Waals surface area contributed by atoms with Crippen molar-refractivity contribution in [3.05, 3.63) is 52.8 Å². The SMILES string of the molecule is COC(=S)c1cccc(C(=S)Oc2cnc(C)c3c2COC(C)(C)O3)c1. The number of thiocarbonyl (C=S) groups is 2. The maximum Gasteiger partial charge on any atom is 0.205 e. The molecule has 0 atom stereocenters. The van der Waals surface area contributed by atoms with Gasteiger partial charge in [0, 0.05) is 25.0 Å². The van der Waals surface area contributed by atoms with Gasteiger partial charge in [-0.1, -0.05) is 18.2 Å². The van der Waals surface area contributed by atoms with Gasteiger partial charge >= 0.3 is 0 Å². The molecule has 26 heavy (non-hydrogen) atoms. The van der Waals surface area contributed by atoms with Gasteiger partial charge in [-0.25, -0.2) is 0 Å². The lowest BCUT2D eigenvalue weighted by Gasteiger charge is -2.33. The summed E-state index contributed by atoms with van der Waals surface area (Å²) in [7, 11) is 1.54. The summed E-state index contributed by atoms with van der Waals surface area (Å²) in [4.78, 5) is 4.36. The number of pyridine rings is 1. The topological polar surface area (TPSA) is 49.8 Å². The summed E-state index contributed by atoms with van der Waals surface area (Å²) in [5.74, 6) is 0.490. The number of rotatable bonds is 3. The molecular formula is C19H19NO4S2. The van der Waals surface area contributed by atoms with Gasteiger partial charge in [0.25, 0.3) is 0 Å². The number of benzene rings is 1. The van der Waals surface area contributed by atoms with Crippen LogP contribution in [-0.4, -0.2) is 28.0 Å². The van der Waals surface area contributed by atoms with E-state index in [1.807, 2.05) is 45.0 Å². The highest BCUT2D eigenvalue weighted by molar-refractivity contribution is 7.80. The second-order valence-electron chi connectivity index (χ2n) is 6.27. The fourth-order valence-corrected chi connectivity index (χ4v) is 2.90. The molecule has 1 aliphatic rings. The fourth-order valence-electron chi connectivity index (χ4n) is 2.55. The molecule has 0 unspecified atom stereocenters. The van der Waals surface area contributed by atoms with Crippen LogP contribution in [0.5, 0.6) is 11.5 Å². The van der Waals surface area contributed by atoms with Gasteiger partial charge in [0.1, 0.15) is 0 Å². The van der Waals surface area contributed by atoms with Gasteiger partial charge in [0.15, 0.2) is 21.6 Å². The number of fused-ring (bicyclic) bond motifs is 1. The number of aromatic nitrogens is 1. The van der Waals surface area contributed by atoms with Crippen LogP contribution in [0.2, 0.25) is 0 Å². The highest BCUT2D eigenvalue weighted by Crippen LogP contribution is 2.38. The van der Waals surface area contributed by atoms with E-state index >= 15 is 0 Å². The van der Waals surface area contributed by atoms with Crippen LogP contribution in [0.3, 0.4) is 0 Å². The van der Waals surface area contributed by atoms with Gasteiger partial charge in [-0.3, -0.25) is 4.98 Å². The normalized spacial score (nSPS) is 14.8. The van der Waals surface area contributed by atoms with Crippen LogP contribution in [0.25, 0.3) is 0 Å². The highest BCUT2D eigenvalue weighted by Gasteiger charge is 2.31. The Morgan fingerprint density at radius 2 is 1.88 bits per heavy atom. The Morgan fingerprint density at radius 1 is 1.19 bits per heavy atom. The van der Waals surface area contributed by atoms with E-state index in [0.29, 0.717) is 28.2 Å². The lowest BCUT2D eigenvalue weighted by molar-refractivity contribution is -0.180. The van der Waals surface area contributed by atoms with Crippen molar-refractivity contribution in [1.82, 2.24) is 4.98 Å². The average molecular weight is 389 g/mol. The van der Waals surface area contributed by atoms with E-state index in [0.717, 1.165) is 22.4 Å². The standard InChI is InChI=1S/C19H19NO4S2/c1-11-16-14(10-22-19(2,3)24-16)15(9-20-11)23-18(26)13-7-5-6-12(8-13)17(25)21-4/h5-9H,10H2,1-4H3. The van der Waals surface area contributed by atoms with Gasteiger partial charge in [0.2, 0.25) is 5.79 Å². The summed E-state index contributed by atoms with van der Waals surface area (Å²) in [5, 5.41) is 0.705. The summed E-state index contributed by atoms with van der Waals surface area (Å²) in [6, 6.07) is 7.40. The second-order valence-corrected chi connectivity index (χ2v) is 7.01. The van der Waals surface area contributed by atoms with Crippen molar-refractivity contribution in [3.8, 4) is 11.5 Å². The largest absolute Gasteiger partial charge is 0.486 e. The zero-order chi connectivity index (χ0) is 18.9. The van der Waals surface area contributed by atoms with Crippen LogP contribution in [0.15, 0.2) is 30.5 Å². The van der Waals surface area contributed by atoms with E-state index in [9.17, 15) is 0 Å². The van der Waals surface area contributed by atoms with Crippen LogP contribution < -0.4 is 9.47 Å². The predicted octanol–water partition coefficient (Wildman–Crippen LogP) is 4.11. The first kappa shape index (κ1) is 18.7. The zero-order valence-corrected chi connectivity index (χ0v) is 16.6. The Balaban J connectivity index is 1.88. The summed E-state index contributed by atoms with van der Waals surface area (Å²) < 4.78 is 22.7. The Bertz CT molecular complexity index is 880. The van der Waals surface area contributed by atoms with Gasteiger partial charge in [-0.15, -0.1) is 0 Å². The van der Waals surface area contributed by atoms with Crippen LogP contribution >= 0.6 is 24.4 Å². The smallest absolute Gasteiger partial charge is 0.205 e. The number of nitrogens with zero attached hydrogens (tertiary/aromatic N) is 1. The molecule has 2 aromatic rings. The molecule has 2 heterocycles. The van der Waals surface area contributed by atoms with Gasteiger partial charge in [0.05, 0.1) is 31.2 Å². The molecule has 0 saturated carbocycles. The molecule has 3 rings (SSSR count). The number of aryl methyl sites for hydroxylation is 1. The molecule has 0 spiro atoms. The van der Waals surface area contributed by atoms with Crippen molar-refractivity contribution >= 4 is 34.5 Å². The molecule has 0 radical (unpaired) electrons. The zero-order valence-electron chi connectivity index (χ0n) is 15.0. The second kappa shape index (κ2) is 7.26. The van der Waals surface area contributed by atoms with Crippen molar-refractivity contribution in [3.63, 3.8) is 0 Å². The lowest BCUT2D eigenvalue weighted by Crippen LogP contribution is -2.36. The molecule has 0 amide bonds. The van der Waals surface area contributed by atoms with E-state index < -0.39 is 5.79 Å². The Hall–Kier alpha value is -2.09. The highest BCUT2D eigenvalue weighted by atomic mass is 32.1. The van der Waals surface area contributed by atoms with Crippen molar-refractivity contribution < 1.29 is 18.9 Å². The predicted molar refractivity (Wildman–Crippen MR) is 106 cm³/mol. The molecule has 0 bridgehead atoms. The maximum absolute atomic E-state index is 5.92. The summed E-state index contributed by atoms with van der Waals surface area (Å²) in [6.45, 7) is 5.96. The Morgan fingerprint density at radius 3 is 2.58 bits per heavy atom. The first-order chi connectivity index (χ1) is 12.3. The van der Waals surface area contributed by atoms with Gasteiger partial charge in [-0.05, 0) is 37.4 Å². The molecule has 7 heteroatoms. The first-order valence-electron chi connectivity index (χ1n) is 8.03. The van der Waals surface area contributed by atoms with E-state index in [1.165, 1.54) is 7.11 Å². The number of ether oxygens (including phenoxy) is 4. The van der Waals surface area contributed by atoms with Crippen molar-refractivity contribution in [2.24, 2.45) is 0 Å². The minimum absolute atomic E-state index is 0.309. The molecule has 0 fully saturated rings. The van der Waals surface area contributed by atoms with E-state index in [4.69, 9.17) is 43.4 Å². The van der Waals surface area contributed by atoms with Crippen LogP contribution in [0.1, 0.15) is 36.2 Å². The lowest BCUT2D eigenvalue weighted by atomic mass is 10.1. The number of hydrogen-bond acceptors (Lipinski definition) is 7. The molecule has 136 valence electrons. The monoisotopic (exact) mass is 389 g/mol. The van der Waals surface area contributed by atoms with Crippen LogP contribution in [-0.2, 0) is 16.1 Å². The van der Waals surface area contributed by atoms with Gasteiger partial charge in [-0.2, -0.15) is 0 Å². The van der Waals surface area contributed by atoms with Crippen molar-refractivity contribution in [1.29, 1.82) is 0 Å². The molecule has 5 nitrogen and oxygen atoms in total.